The predicted octanol–water partition coefficient (Wildman–Crippen LogP) is 4.57. The first kappa shape index (κ1) is 20.5. The van der Waals surface area contributed by atoms with Crippen LogP contribution in [-0.2, 0) is 11.3 Å². The van der Waals surface area contributed by atoms with Crippen LogP contribution in [0.3, 0.4) is 0 Å². The van der Waals surface area contributed by atoms with Crippen LogP contribution >= 0.6 is 11.6 Å². The molecule has 0 radical (unpaired) electrons. The van der Waals surface area contributed by atoms with Gasteiger partial charge in [-0.3, -0.25) is 4.79 Å². The van der Waals surface area contributed by atoms with Crippen LogP contribution in [0.5, 0.6) is 5.88 Å². The van der Waals surface area contributed by atoms with Crippen molar-refractivity contribution in [2.24, 2.45) is 0 Å². The van der Waals surface area contributed by atoms with Gasteiger partial charge in [0.05, 0.1) is 5.69 Å². The van der Waals surface area contributed by atoms with E-state index in [1.807, 2.05) is 0 Å². The van der Waals surface area contributed by atoms with Crippen molar-refractivity contribution in [2.45, 2.75) is 44.8 Å². The summed E-state index contributed by atoms with van der Waals surface area (Å²) in [4.78, 5) is 14.8. The third kappa shape index (κ3) is 5.17. The van der Waals surface area contributed by atoms with Crippen LogP contribution in [0.1, 0.15) is 37.7 Å². The van der Waals surface area contributed by atoms with Crippen molar-refractivity contribution in [3.63, 3.8) is 0 Å². The molecule has 2 N–H and O–H groups in total. The van der Waals surface area contributed by atoms with E-state index in [4.69, 9.17) is 21.4 Å². The van der Waals surface area contributed by atoms with Gasteiger partial charge in [-0.15, -0.1) is 0 Å². The fourth-order valence-corrected chi connectivity index (χ4v) is 2.96. The normalized spacial score (nSPS) is 14.0. The Balaban J connectivity index is 1.71. The standard InChI is InChI=1S/C20H21ClF2N2O3/c21-15-6-7-18(25-20(15)28-13-3-1-4-13)12-9-16(22)14(17(23)10-12)11-24-8-2-5-19(26)27/h6-7,9-10,13,24H,1-5,8,11H2,(H,26,27). The summed E-state index contributed by atoms with van der Waals surface area (Å²) in [7, 11) is 0. The molecule has 3 rings (SSSR count). The molecule has 1 aromatic carbocycles. The highest BCUT2D eigenvalue weighted by molar-refractivity contribution is 6.31. The molecule has 5 nitrogen and oxygen atoms in total. The van der Waals surface area contributed by atoms with Crippen molar-refractivity contribution >= 4 is 17.6 Å². The highest BCUT2D eigenvalue weighted by Crippen LogP contribution is 2.32. The van der Waals surface area contributed by atoms with E-state index in [2.05, 4.69) is 10.3 Å². The third-order valence-electron chi connectivity index (χ3n) is 4.63. The second-order valence-electron chi connectivity index (χ2n) is 6.75. The van der Waals surface area contributed by atoms with Crippen molar-refractivity contribution < 1.29 is 23.4 Å². The van der Waals surface area contributed by atoms with E-state index in [9.17, 15) is 13.6 Å². The quantitative estimate of drug-likeness (QED) is 0.593. The van der Waals surface area contributed by atoms with Crippen molar-refractivity contribution in [1.82, 2.24) is 10.3 Å². The van der Waals surface area contributed by atoms with Crippen LogP contribution < -0.4 is 10.1 Å². The molecule has 0 atom stereocenters. The number of aromatic nitrogens is 1. The zero-order valence-electron chi connectivity index (χ0n) is 15.2. The van der Waals surface area contributed by atoms with Gasteiger partial charge in [-0.2, -0.15) is 0 Å². The van der Waals surface area contributed by atoms with Crippen molar-refractivity contribution in [1.29, 1.82) is 0 Å². The number of hydrogen-bond acceptors (Lipinski definition) is 4. The Morgan fingerprint density at radius 1 is 1.29 bits per heavy atom. The van der Waals surface area contributed by atoms with Gasteiger partial charge in [-0.25, -0.2) is 13.8 Å². The SMILES string of the molecule is O=C(O)CCCNCc1c(F)cc(-c2ccc(Cl)c(OC3CCC3)n2)cc1F. The molecule has 0 bridgehead atoms. The Hall–Kier alpha value is -2.25. The average molecular weight is 411 g/mol. The number of aliphatic carboxylic acids is 1. The van der Waals surface area contributed by atoms with Gasteiger partial charge >= 0.3 is 5.97 Å². The minimum absolute atomic E-state index is 0.00436. The molecule has 150 valence electrons. The monoisotopic (exact) mass is 410 g/mol. The number of nitrogens with one attached hydrogen (secondary N) is 1. The molecule has 0 saturated heterocycles. The van der Waals surface area contributed by atoms with E-state index in [1.165, 1.54) is 12.1 Å². The van der Waals surface area contributed by atoms with Gasteiger partial charge in [0.15, 0.2) is 0 Å². The van der Waals surface area contributed by atoms with Gasteiger partial charge in [0.1, 0.15) is 22.8 Å². The summed E-state index contributed by atoms with van der Waals surface area (Å²) < 4.78 is 34.6. The van der Waals surface area contributed by atoms with Crippen LogP contribution in [0.4, 0.5) is 8.78 Å². The number of carbonyl (C=O) groups is 1. The van der Waals surface area contributed by atoms with Gasteiger partial charge < -0.3 is 15.2 Å². The minimum atomic E-state index is -0.903. The predicted molar refractivity (Wildman–Crippen MR) is 101 cm³/mol. The fourth-order valence-electron chi connectivity index (χ4n) is 2.81. The molecule has 1 fully saturated rings. The topological polar surface area (TPSA) is 71.5 Å². The molecule has 8 heteroatoms. The molecule has 28 heavy (non-hydrogen) atoms. The molecular weight excluding hydrogens is 390 g/mol. The summed E-state index contributed by atoms with van der Waals surface area (Å²) >= 11 is 6.12. The first-order valence-electron chi connectivity index (χ1n) is 9.18. The first-order valence-corrected chi connectivity index (χ1v) is 9.56. The average Bonchev–Trinajstić information content (AvgIpc) is 2.60. The smallest absolute Gasteiger partial charge is 0.303 e. The molecule has 0 spiro atoms. The van der Waals surface area contributed by atoms with Crippen molar-refractivity contribution in [2.75, 3.05) is 6.54 Å². The molecule has 0 unspecified atom stereocenters. The number of carboxylic acid groups (broad SMARTS) is 1. The summed E-state index contributed by atoms with van der Waals surface area (Å²) in [5.41, 5.74) is 0.566. The maximum Gasteiger partial charge on any atom is 0.303 e. The number of nitrogens with zero attached hydrogens (tertiary/aromatic N) is 1. The molecule has 1 heterocycles. The number of carboxylic acids is 1. The Kier molecular flexibility index (Phi) is 6.80. The highest BCUT2D eigenvalue weighted by Gasteiger charge is 2.21. The minimum Gasteiger partial charge on any atom is -0.481 e. The van der Waals surface area contributed by atoms with E-state index in [-0.39, 0.29) is 30.5 Å². The zero-order valence-corrected chi connectivity index (χ0v) is 15.9. The van der Waals surface area contributed by atoms with Crippen LogP contribution in [0.25, 0.3) is 11.3 Å². The summed E-state index contributed by atoms with van der Waals surface area (Å²) in [6, 6.07) is 5.64. The lowest BCUT2D eigenvalue weighted by Crippen LogP contribution is -2.25. The Labute approximate surface area is 166 Å². The van der Waals surface area contributed by atoms with E-state index >= 15 is 0 Å². The Morgan fingerprint density at radius 3 is 2.61 bits per heavy atom. The number of benzene rings is 1. The van der Waals surface area contributed by atoms with Crippen LogP contribution in [0, 0.1) is 11.6 Å². The van der Waals surface area contributed by atoms with Gasteiger partial charge in [0.2, 0.25) is 5.88 Å². The molecule has 0 amide bonds. The largest absolute Gasteiger partial charge is 0.481 e. The van der Waals surface area contributed by atoms with Gasteiger partial charge in [0, 0.05) is 24.1 Å². The maximum absolute atomic E-state index is 14.4. The van der Waals surface area contributed by atoms with Gasteiger partial charge in [-0.1, -0.05) is 11.6 Å². The molecule has 1 aliphatic carbocycles. The maximum atomic E-state index is 14.4. The molecule has 1 aliphatic rings. The number of ether oxygens (including phenoxy) is 1. The summed E-state index contributed by atoms with van der Waals surface area (Å²) in [6.07, 6.45) is 3.46. The van der Waals surface area contributed by atoms with Crippen molar-refractivity contribution in [3.05, 3.63) is 46.5 Å². The third-order valence-corrected chi connectivity index (χ3v) is 4.91. The van der Waals surface area contributed by atoms with Crippen LogP contribution in [-0.4, -0.2) is 28.7 Å². The molecule has 2 aromatic rings. The number of pyridine rings is 1. The summed E-state index contributed by atoms with van der Waals surface area (Å²) in [6.45, 7) is 0.329. The van der Waals surface area contributed by atoms with E-state index in [0.29, 0.717) is 29.2 Å². The Bertz CT molecular complexity index is 836. The first-order chi connectivity index (χ1) is 13.4. The van der Waals surface area contributed by atoms with E-state index < -0.39 is 17.6 Å². The molecule has 1 aromatic heterocycles. The molecule has 0 aliphatic heterocycles. The van der Waals surface area contributed by atoms with E-state index in [0.717, 1.165) is 19.3 Å². The van der Waals surface area contributed by atoms with Crippen LogP contribution in [0.2, 0.25) is 5.02 Å². The van der Waals surface area contributed by atoms with Gasteiger partial charge in [-0.05, 0) is 56.5 Å². The number of halogens is 3. The van der Waals surface area contributed by atoms with Crippen molar-refractivity contribution in [3.8, 4) is 17.1 Å². The second-order valence-corrected chi connectivity index (χ2v) is 7.15. The highest BCUT2D eigenvalue weighted by atomic mass is 35.5. The lowest BCUT2D eigenvalue weighted by molar-refractivity contribution is -0.137. The molecular formula is C20H21ClF2N2O3. The summed E-state index contributed by atoms with van der Waals surface area (Å²) in [5.74, 6) is -2.02. The summed E-state index contributed by atoms with van der Waals surface area (Å²) in [5, 5.41) is 11.8. The number of rotatable bonds is 9. The lowest BCUT2D eigenvalue weighted by Gasteiger charge is -2.26. The van der Waals surface area contributed by atoms with Crippen LogP contribution in [0.15, 0.2) is 24.3 Å². The molecule has 1 saturated carbocycles. The Morgan fingerprint density at radius 2 is 2.00 bits per heavy atom. The zero-order chi connectivity index (χ0) is 20.1. The lowest BCUT2D eigenvalue weighted by atomic mass is 9.96. The second kappa shape index (κ2) is 9.30. The van der Waals surface area contributed by atoms with Gasteiger partial charge in [0.25, 0.3) is 0 Å². The fraction of sp³-hybridized carbons (Fsp3) is 0.400. The number of hydrogen-bond donors (Lipinski definition) is 2. The van der Waals surface area contributed by atoms with E-state index in [1.54, 1.807) is 12.1 Å².